The van der Waals surface area contributed by atoms with Crippen molar-refractivity contribution in [1.82, 2.24) is 9.80 Å². The van der Waals surface area contributed by atoms with Crippen LogP contribution >= 0.6 is 0 Å². The maximum absolute atomic E-state index is 2.69. The van der Waals surface area contributed by atoms with E-state index in [0.29, 0.717) is 6.17 Å². The van der Waals surface area contributed by atoms with Crippen molar-refractivity contribution in [3.8, 4) is 0 Å². The van der Waals surface area contributed by atoms with Gasteiger partial charge in [-0.05, 0) is 25.7 Å². The maximum atomic E-state index is 2.69. The number of unbranched alkanes of at least 4 members (excludes halogenated alkanes) is 20. The van der Waals surface area contributed by atoms with E-state index >= 15 is 0 Å². The zero-order valence-corrected chi connectivity index (χ0v) is 24.0. The van der Waals surface area contributed by atoms with Crippen LogP contribution in [0, 0.1) is 0 Å². The average molecular weight is 477 g/mol. The highest BCUT2D eigenvalue weighted by Crippen LogP contribution is 2.24. The predicted molar refractivity (Wildman–Crippen MR) is 154 cm³/mol. The third-order valence-corrected chi connectivity index (χ3v) is 7.82. The molecule has 0 saturated carbocycles. The van der Waals surface area contributed by atoms with Gasteiger partial charge in [0.25, 0.3) is 0 Å². The van der Waals surface area contributed by atoms with E-state index in [4.69, 9.17) is 0 Å². The number of nitrogens with zero attached hydrogens (tertiary/aromatic N) is 2. The summed E-state index contributed by atoms with van der Waals surface area (Å²) >= 11 is 0. The Labute approximate surface area is 216 Å². The molecule has 1 aliphatic rings. The topological polar surface area (TPSA) is 6.48 Å². The zero-order valence-electron chi connectivity index (χ0n) is 24.0. The van der Waals surface area contributed by atoms with Gasteiger partial charge in [-0.2, -0.15) is 0 Å². The minimum Gasteiger partial charge on any atom is -0.356 e. The average Bonchev–Trinajstić information content (AvgIpc) is 3.23. The standard InChI is InChI=1S/C32H64N2/c1-4-7-10-13-15-16-17-18-19-21-24-27-32-33(28-25-22-12-9-6-3)30-31-34(32)29-26-23-20-14-11-8-5-2/h30-32H,4-29H2,1-3H3. The molecule has 1 atom stereocenters. The van der Waals surface area contributed by atoms with Crippen molar-refractivity contribution in [2.45, 2.75) is 181 Å². The van der Waals surface area contributed by atoms with Crippen LogP contribution in [0.1, 0.15) is 175 Å². The smallest absolute Gasteiger partial charge is 0.101 e. The molecular weight excluding hydrogens is 412 g/mol. The Kier molecular flexibility index (Phi) is 22.2. The van der Waals surface area contributed by atoms with Crippen molar-refractivity contribution in [1.29, 1.82) is 0 Å². The number of hydrogen-bond donors (Lipinski definition) is 0. The van der Waals surface area contributed by atoms with E-state index in [0.717, 1.165) is 0 Å². The fraction of sp³-hybridized carbons (Fsp3) is 0.938. The Morgan fingerprint density at radius 1 is 0.382 bits per heavy atom. The van der Waals surface area contributed by atoms with Gasteiger partial charge in [0, 0.05) is 25.5 Å². The Morgan fingerprint density at radius 2 is 0.676 bits per heavy atom. The molecule has 1 rings (SSSR count). The minimum atomic E-state index is 0.643. The van der Waals surface area contributed by atoms with Gasteiger partial charge in [0.1, 0.15) is 6.17 Å². The van der Waals surface area contributed by atoms with Crippen LogP contribution < -0.4 is 0 Å². The summed E-state index contributed by atoms with van der Waals surface area (Å²) in [4.78, 5) is 5.37. The van der Waals surface area contributed by atoms with Crippen LogP contribution in [-0.2, 0) is 0 Å². The van der Waals surface area contributed by atoms with Gasteiger partial charge < -0.3 is 9.80 Å². The van der Waals surface area contributed by atoms with Gasteiger partial charge in [0.05, 0.1) is 0 Å². The largest absolute Gasteiger partial charge is 0.356 e. The second-order valence-corrected chi connectivity index (χ2v) is 11.1. The normalized spacial score (nSPS) is 15.7. The van der Waals surface area contributed by atoms with Crippen LogP contribution in [0.15, 0.2) is 12.4 Å². The van der Waals surface area contributed by atoms with Gasteiger partial charge in [0.2, 0.25) is 0 Å². The third kappa shape index (κ3) is 16.9. The van der Waals surface area contributed by atoms with Gasteiger partial charge >= 0.3 is 0 Å². The fourth-order valence-corrected chi connectivity index (χ4v) is 5.48. The lowest BCUT2D eigenvalue weighted by molar-refractivity contribution is 0.135. The molecule has 0 aliphatic carbocycles. The van der Waals surface area contributed by atoms with Crippen molar-refractivity contribution >= 4 is 0 Å². The molecule has 0 aromatic rings. The Morgan fingerprint density at radius 3 is 1.03 bits per heavy atom. The zero-order chi connectivity index (χ0) is 24.5. The molecular formula is C32H64N2. The molecule has 0 fully saturated rings. The first kappa shape index (κ1) is 31.4. The lowest BCUT2D eigenvalue weighted by atomic mass is 10.0. The Bertz CT molecular complexity index is 433. The van der Waals surface area contributed by atoms with Crippen LogP contribution in [0.4, 0.5) is 0 Å². The van der Waals surface area contributed by atoms with Crippen molar-refractivity contribution < 1.29 is 0 Å². The monoisotopic (exact) mass is 477 g/mol. The first-order valence-electron chi connectivity index (χ1n) is 16.0. The first-order valence-corrected chi connectivity index (χ1v) is 16.0. The molecule has 34 heavy (non-hydrogen) atoms. The summed E-state index contributed by atoms with van der Waals surface area (Å²) in [5.74, 6) is 0. The Balaban J connectivity index is 2.23. The van der Waals surface area contributed by atoms with E-state index in [1.54, 1.807) is 0 Å². The molecule has 0 aromatic heterocycles. The van der Waals surface area contributed by atoms with Gasteiger partial charge in [-0.25, -0.2) is 0 Å². The van der Waals surface area contributed by atoms with Gasteiger partial charge in [0.15, 0.2) is 0 Å². The molecule has 1 aliphatic heterocycles. The van der Waals surface area contributed by atoms with E-state index in [9.17, 15) is 0 Å². The molecule has 0 bridgehead atoms. The maximum Gasteiger partial charge on any atom is 0.101 e. The first-order chi connectivity index (χ1) is 16.8. The van der Waals surface area contributed by atoms with Gasteiger partial charge in [-0.15, -0.1) is 0 Å². The molecule has 2 nitrogen and oxygen atoms in total. The molecule has 0 radical (unpaired) electrons. The van der Waals surface area contributed by atoms with E-state index in [1.807, 2.05) is 0 Å². The van der Waals surface area contributed by atoms with Crippen LogP contribution in [0.3, 0.4) is 0 Å². The molecule has 1 unspecified atom stereocenters. The van der Waals surface area contributed by atoms with Crippen molar-refractivity contribution in [2.75, 3.05) is 13.1 Å². The molecule has 0 aromatic carbocycles. The molecule has 0 spiro atoms. The van der Waals surface area contributed by atoms with Crippen molar-refractivity contribution in [3.05, 3.63) is 12.4 Å². The quantitative estimate of drug-likeness (QED) is 0.114. The fourth-order valence-electron chi connectivity index (χ4n) is 5.48. The summed E-state index contributed by atoms with van der Waals surface area (Å²) in [5, 5.41) is 0. The molecule has 2 heteroatoms. The predicted octanol–water partition coefficient (Wildman–Crippen LogP) is 10.8. The van der Waals surface area contributed by atoms with Crippen LogP contribution in [0.2, 0.25) is 0 Å². The highest BCUT2D eigenvalue weighted by Gasteiger charge is 2.24. The van der Waals surface area contributed by atoms with Gasteiger partial charge in [-0.3, -0.25) is 0 Å². The Hall–Kier alpha value is -0.660. The van der Waals surface area contributed by atoms with E-state index in [-0.39, 0.29) is 0 Å². The van der Waals surface area contributed by atoms with Crippen LogP contribution in [0.25, 0.3) is 0 Å². The van der Waals surface area contributed by atoms with Crippen LogP contribution in [0.5, 0.6) is 0 Å². The summed E-state index contributed by atoms with van der Waals surface area (Å²) < 4.78 is 0. The van der Waals surface area contributed by atoms with E-state index < -0.39 is 0 Å². The number of hydrogen-bond acceptors (Lipinski definition) is 2. The lowest BCUT2D eigenvalue weighted by Gasteiger charge is -2.33. The molecule has 0 saturated heterocycles. The molecule has 0 amide bonds. The minimum absolute atomic E-state index is 0.643. The lowest BCUT2D eigenvalue weighted by Crippen LogP contribution is -2.39. The van der Waals surface area contributed by atoms with Crippen molar-refractivity contribution in [2.24, 2.45) is 0 Å². The van der Waals surface area contributed by atoms with Crippen LogP contribution in [-0.4, -0.2) is 29.1 Å². The summed E-state index contributed by atoms with van der Waals surface area (Å²) in [6, 6.07) is 0. The highest BCUT2D eigenvalue weighted by atomic mass is 15.4. The van der Waals surface area contributed by atoms with E-state index in [1.165, 1.54) is 167 Å². The summed E-state index contributed by atoms with van der Waals surface area (Å²) in [5.41, 5.74) is 0. The van der Waals surface area contributed by atoms with E-state index in [2.05, 4.69) is 43.0 Å². The number of rotatable bonds is 26. The SMILES string of the molecule is CCCCCCCCCCCCCC1N(CCCCCCC)C=CN1CCCCCCCCC. The summed E-state index contributed by atoms with van der Waals surface area (Å²) in [6.07, 6.45) is 39.5. The molecule has 1 heterocycles. The molecule has 0 N–H and O–H groups in total. The summed E-state index contributed by atoms with van der Waals surface area (Å²) in [7, 11) is 0. The van der Waals surface area contributed by atoms with Gasteiger partial charge in [-0.1, -0.05) is 149 Å². The summed E-state index contributed by atoms with van der Waals surface area (Å²) in [6.45, 7) is 9.46. The highest BCUT2D eigenvalue weighted by molar-refractivity contribution is 4.97. The third-order valence-electron chi connectivity index (χ3n) is 7.82. The second-order valence-electron chi connectivity index (χ2n) is 11.1. The molecule has 202 valence electrons. The van der Waals surface area contributed by atoms with Crippen molar-refractivity contribution in [3.63, 3.8) is 0 Å². The second kappa shape index (κ2) is 24.1.